The highest BCUT2D eigenvalue weighted by Crippen LogP contribution is 2.14. The number of aryl methyl sites for hydroxylation is 1. The van der Waals surface area contributed by atoms with Gasteiger partial charge in [-0.25, -0.2) is 4.98 Å². The number of para-hydroxylation sites is 1. The van der Waals surface area contributed by atoms with Crippen LogP contribution in [0.3, 0.4) is 0 Å². The fourth-order valence-electron chi connectivity index (χ4n) is 2.31. The number of imidazole rings is 1. The lowest BCUT2D eigenvalue weighted by molar-refractivity contribution is 0.553. The largest absolute Gasteiger partial charge is 0.300 e. The predicted octanol–water partition coefficient (Wildman–Crippen LogP) is 3.07. The van der Waals surface area contributed by atoms with Crippen LogP contribution in [0.1, 0.15) is 31.3 Å². The number of terminal acetylenes is 1. The molecular formula is C17H21N3. The van der Waals surface area contributed by atoms with Crippen molar-refractivity contribution in [2.45, 2.75) is 39.3 Å². The first-order valence-electron chi connectivity index (χ1n) is 7.04. The van der Waals surface area contributed by atoms with E-state index in [1.54, 1.807) is 0 Å². The second-order valence-electron chi connectivity index (χ2n) is 4.86. The van der Waals surface area contributed by atoms with Crippen molar-refractivity contribution in [1.29, 1.82) is 0 Å². The molecule has 1 N–H and O–H groups in total. The Morgan fingerprint density at radius 1 is 1.35 bits per heavy atom. The SMILES string of the molecule is C#CC(CCC)NCc1cnc(C)n1-c1ccccc1. The molecular weight excluding hydrogens is 246 g/mol. The molecule has 104 valence electrons. The fraction of sp³-hybridized carbons (Fsp3) is 0.353. The molecule has 0 aliphatic carbocycles. The molecule has 1 aromatic heterocycles. The van der Waals surface area contributed by atoms with Gasteiger partial charge in [0.25, 0.3) is 0 Å². The first kappa shape index (κ1) is 14.4. The Balaban J connectivity index is 2.16. The van der Waals surface area contributed by atoms with Crippen molar-refractivity contribution in [2.75, 3.05) is 0 Å². The van der Waals surface area contributed by atoms with E-state index >= 15 is 0 Å². The van der Waals surface area contributed by atoms with Crippen molar-refractivity contribution < 1.29 is 0 Å². The molecule has 0 aliphatic heterocycles. The van der Waals surface area contributed by atoms with Crippen LogP contribution in [0.15, 0.2) is 36.5 Å². The quantitative estimate of drug-likeness (QED) is 0.815. The summed E-state index contributed by atoms with van der Waals surface area (Å²) in [5.41, 5.74) is 2.26. The van der Waals surface area contributed by atoms with Crippen molar-refractivity contribution in [1.82, 2.24) is 14.9 Å². The summed E-state index contributed by atoms with van der Waals surface area (Å²) in [5.74, 6) is 3.79. The minimum atomic E-state index is 0.124. The van der Waals surface area contributed by atoms with Gasteiger partial charge >= 0.3 is 0 Å². The zero-order valence-corrected chi connectivity index (χ0v) is 12.1. The van der Waals surface area contributed by atoms with Gasteiger partial charge in [-0.1, -0.05) is 37.5 Å². The maximum Gasteiger partial charge on any atom is 0.110 e. The highest BCUT2D eigenvalue weighted by molar-refractivity contribution is 5.35. The van der Waals surface area contributed by atoms with E-state index in [4.69, 9.17) is 6.42 Å². The first-order valence-corrected chi connectivity index (χ1v) is 7.04. The van der Waals surface area contributed by atoms with Gasteiger partial charge in [0.15, 0.2) is 0 Å². The molecule has 0 spiro atoms. The third-order valence-electron chi connectivity index (χ3n) is 3.33. The lowest BCUT2D eigenvalue weighted by Gasteiger charge is -2.14. The van der Waals surface area contributed by atoms with Crippen LogP contribution in [0.2, 0.25) is 0 Å². The number of nitrogens with one attached hydrogen (secondary N) is 1. The van der Waals surface area contributed by atoms with Crippen molar-refractivity contribution in [3.63, 3.8) is 0 Å². The molecule has 20 heavy (non-hydrogen) atoms. The van der Waals surface area contributed by atoms with Gasteiger partial charge in [-0.05, 0) is 25.5 Å². The van der Waals surface area contributed by atoms with Crippen LogP contribution in [0, 0.1) is 19.3 Å². The van der Waals surface area contributed by atoms with Crippen LogP contribution < -0.4 is 5.32 Å². The molecule has 0 saturated heterocycles. The molecule has 0 radical (unpaired) electrons. The van der Waals surface area contributed by atoms with Crippen LogP contribution in [0.5, 0.6) is 0 Å². The number of hydrogen-bond acceptors (Lipinski definition) is 2. The number of rotatable bonds is 6. The van der Waals surface area contributed by atoms with E-state index in [2.05, 4.69) is 39.8 Å². The summed E-state index contributed by atoms with van der Waals surface area (Å²) in [4.78, 5) is 4.41. The summed E-state index contributed by atoms with van der Waals surface area (Å²) in [6.45, 7) is 4.89. The van der Waals surface area contributed by atoms with E-state index in [1.165, 1.54) is 0 Å². The molecule has 2 rings (SSSR count). The van der Waals surface area contributed by atoms with E-state index in [0.29, 0.717) is 0 Å². The van der Waals surface area contributed by atoms with E-state index in [0.717, 1.165) is 36.6 Å². The number of nitrogens with zero attached hydrogens (tertiary/aromatic N) is 2. The highest BCUT2D eigenvalue weighted by atomic mass is 15.1. The Morgan fingerprint density at radius 3 is 2.75 bits per heavy atom. The Labute approximate surface area is 121 Å². The van der Waals surface area contributed by atoms with Gasteiger partial charge in [0.05, 0.1) is 17.9 Å². The van der Waals surface area contributed by atoms with Crippen LogP contribution in [-0.2, 0) is 6.54 Å². The Morgan fingerprint density at radius 2 is 2.10 bits per heavy atom. The Bertz CT molecular complexity index is 578. The summed E-state index contributed by atoms with van der Waals surface area (Å²) in [6, 6.07) is 10.4. The van der Waals surface area contributed by atoms with Gasteiger partial charge in [0, 0.05) is 12.2 Å². The van der Waals surface area contributed by atoms with Gasteiger partial charge in [0.1, 0.15) is 5.82 Å². The van der Waals surface area contributed by atoms with Gasteiger partial charge in [0.2, 0.25) is 0 Å². The van der Waals surface area contributed by atoms with Crippen LogP contribution in [0.25, 0.3) is 5.69 Å². The number of benzene rings is 1. The highest BCUT2D eigenvalue weighted by Gasteiger charge is 2.10. The van der Waals surface area contributed by atoms with Crippen molar-refractivity contribution in [2.24, 2.45) is 0 Å². The monoisotopic (exact) mass is 267 g/mol. The second kappa shape index (κ2) is 6.93. The molecule has 0 amide bonds. The van der Waals surface area contributed by atoms with Crippen LogP contribution >= 0.6 is 0 Å². The molecule has 0 fully saturated rings. The first-order chi connectivity index (χ1) is 9.76. The molecule has 0 saturated carbocycles. The molecule has 3 nitrogen and oxygen atoms in total. The standard InChI is InChI=1S/C17H21N3/c1-4-9-15(5-2)19-13-17-12-18-14(3)20(17)16-10-7-6-8-11-16/h2,6-8,10-12,15,19H,4,9,13H2,1,3H3. The molecule has 3 heteroatoms. The minimum absolute atomic E-state index is 0.124. The van der Waals surface area contributed by atoms with E-state index in [-0.39, 0.29) is 6.04 Å². The summed E-state index contributed by atoms with van der Waals surface area (Å²) < 4.78 is 2.16. The third kappa shape index (κ3) is 3.28. The average molecular weight is 267 g/mol. The topological polar surface area (TPSA) is 29.9 Å². The van der Waals surface area contributed by atoms with Gasteiger partial charge in [-0.2, -0.15) is 0 Å². The van der Waals surface area contributed by atoms with Crippen molar-refractivity contribution in [3.8, 4) is 18.0 Å². The average Bonchev–Trinajstić information content (AvgIpc) is 2.85. The molecule has 0 aliphatic rings. The number of hydrogen-bond donors (Lipinski definition) is 1. The smallest absolute Gasteiger partial charge is 0.110 e. The minimum Gasteiger partial charge on any atom is -0.300 e. The normalized spacial score (nSPS) is 12.1. The van der Waals surface area contributed by atoms with Crippen molar-refractivity contribution >= 4 is 0 Å². The predicted molar refractivity (Wildman–Crippen MR) is 82.7 cm³/mol. The molecule has 1 unspecified atom stereocenters. The van der Waals surface area contributed by atoms with E-state index in [9.17, 15) is 0 Å². The maximum absolute atomic E-state index is 5.54. The van der Waals surface area contributed by atoms with Crippen LogP contribution in [-0.4, -0.2) is 15.6 Å². The second-order valence-corrected chi connectivity index (χ2v) is 4.86. The van der Waals surface area contributed by atoms with E-state index < -0.39 is 0 Å². The lowest BCUT2D eigenvalue weighted by Crippen LogP contribution is -2.27. The van der Waals surface area contributed by atoms with E-state index in [1.807, 2.05) is 31.3 Å². The van der Waals surface area contributed by atoms with Gasteiger partial charge in [-0.15, -0.1) is 6.42 Å². The van der Waals surface area contributed by atoms with Crippen molar-refractivity contribution in [3.05, 3.63) is 48.0 Å². The maximum atomic E-state index is 5.54. The summed E-state index contributed by atoms with van der Waals surface area (Å²) in [6.07, 6.45) is 9.53. The molecule has 0 bridgehead atoms. The number of aromatic nitrogens is 2. The molecule has 2 aromatic rings. The van der Waals surface area contributed by atoms with Crippen LogP contribution in [0.4, 0.5) is 0 Å². The Hall–Kier alpha value is -2.05. The fourth-order valence-corrected chi connectivity index (χ4v) is 2.31. The third-order valence-corrected chi connectivity index (χ3v) is 3.33. The molecule has 1 aromatic carbocycles. The summed E-state index contributed by atoms with van der Waals surface area (Å²) >= 11 is 0. The van der Waals surface area contributed by atoms with Gasteiger partial charge in [-0.3, -0.25) is 9.88 Å². The zero-order valence-electron chi connectivity index (χ0n) is 12.1. The Kier molecular flexibility index (Phi) is 4.97. The summed E-state index contributed by atoms with van der Waals surface area (Å²) in [7, 11) is 0. The summed E-state index contributed by atoms with van der Waals surface area (Å²) in [5, 5.41) is 3.41. The zero-order chi connectivity index (χ0) is 14.4. The van der Waals surface area contributed by atoms with Gasteiger partial charge < -0.3 is 0 Å². The molecule has 1 atom stereocenters. The lowest BCUT2D eigenvalue weighted by atomic mass is 10.2. The molecule has 1 heterocycles.